The largest absolute Gasteiger partial charge is 0.480 e. The Balaban J connectivity index is 2.71. The third kappa shape index (κ3) is 5.15. The van der Waals surface area contributed by atoms with Crippen LogP contribution in [-0.2, 0) is 9.53 Å². The molecule has 0 aliphatic heterocycles. The molecule has 0 aromatic carbocycles. The molecule has 0 bridgehead atoms. The SMILES string of the molecule is CC(C)(C)OC(=O)N[C@@](C)(C[C@@H]1C[C@H](O)[C@@H](F)C1)C(=O)O. The highest BCUT2D eigenvalue weighted by molar-refractivity contribution is 5.84. The highest BCUT2D eigenvalue weighted by atomic mass is 19.1. The van der Waals surface area contributed by atoms with Gasteiger partial charge in [0.25, 0.3) is 0 Å². The summed E-state index contributed by atoms with van der Waals surface area (Å²) >= 11 is 0. The lowest BCUT2D eigenvalue weighted by Gasteiger charge is -2.30. The monoisotopic (exact) mass is 305 g/mol. The molecule has 1 amide bonds. The maximum Gasteiger partial charge on any atom is 0.408 e. The maximum atomic E-state index is 13.3. The number of halogens is 1. The number of carbonyl (C=O) groups is 2. The van der Waals surface area contributed by atoms with Gasteiger partial charge in [0.2, 0.25) is 0 Å². The Bertz CT molecular complexity index is 399. The van der Waals surface area contributed by atoms with Gasteiger partial charge in [-0.15, -0.1) is 0 Å². The highest BCUT2D eigenvalue weighted by Gasteiger charge is 2.42. The second kappa shape index (κ2) is 6.17. The minimum Gasteiger partial charge on any atom is -0.480 e. The molecule has 1 fully saturated rings. The molecule has 4 atom stereocenters. The second-order valence-electron chi connectivity index (χ2n) is 6.89. The number of rotatable bonds is 4. The summed E-state index contributed by atoms with van der Waals surface area (Å²) in [5, 5.41) is 21.1. The molecule has 0 saturated heterocycles. The van der Waals surface area contributed by atoms with Crippen molar-refractivity contribution < 1.29 is 28.9 Å². The van der Waals surface area contributed by atoms with Gasteiger partial charge < -0.3 is 20.3 Å². The van der Waals surface area contributed by atoms with Crippen LogP contribution >= 0.6 is 0 Å². The quantitative estimate of drug-likeness (QED) is 0.736. The van der Waals surface area contributed by atoms with Crippen LogP contribution in [0.2, 0.25) is 0 Å². The van der Waals surface area contributed by atoms with Gasteiger partial charge in [0.15, 0.2) is 0 Å². The van der Waals surface area contributed by atoms with Crippen LogP contribution in [0.25, 0.3) is 0 Å². The van der Waals surface area contributed by atoms with E-state index in [9.17, 15) is 24.2 Å². The van der Waals surface area contributed by atoms with E-state index in [1.165, 1.54) is 6.92 Å². The molecule has 0 radical (unpaired) electrons. The predicted octanol–water partition coefficient (Wildman–Crippen LogP) is 1.85. The lowest BCUT2D eigenvalue weighted by atomic mass is 9.88. The number of aliphatic carboxylic acids is 1. The van der Waals surface area contributed by atoms with E-state index >= 15 is 0 Å². The first kappa shape index (κ1) is 17.7. The van der Waals surface area contributed by atoms with E-state index < -0.39 is 35.5 Å². The van der Waals surface area contributed by atoms with Crippen molar-refractivity contribution in [3.63, 3.8) is 0 Å². The van der Waals surface area contributed by atoms with Gasteiger partial charge in [0.1, 0.15) is 17.3 Å². The van der Waals surface area contributed by atoms with E-state index in [0.717, 1.165) is 0 Å². The van der Waals surface area contributed by atoms with Crippen molar-refractivity contribution >= 4 is 12.1 Å². The summed E-state index contributed by atoms with van der Waals surface area (Å²) in [4.78, 5) is 23.2. The van der Waals surface area contributed by atoms with Gasteiger partial charge in [-0.25, -0.2) is 14.0 Å². The van der Waals surface area contributed by atoms with E-state index in [1.54, 1.807) is 20.8 Å². The van der Waals surface area contributed by atoms with Gasteiger partial charge in [-0.1, -0.05) is 0 Å². The molecule has 21 heavy (non-hydrogen) atoms. The highest BCUT2D eigenvalue weighted by Crippen LogP contribution is 2.34. The summed E-state index contributed by atoms with van der Waals surface area (Å²) in [6.45, 7) is 6.38. The fourth-order valence-electron chi connectivity index (χ4n) is 2.53. The fraction of sp³-hybridized carbons (Fsp3) is 0.857. The zero-order chi connectivity index (χ0) is 16.4. The number of aliphatic hydroxyl groups is 1. The first-order valence-electron chi connectivity index (χ1n) is 6.99. The molecule has 1 aliphatic rings. The van der Waals surface area contributed by atoms with Gasteiger partial charge >= 0.3 is 12.1 Å². The molecule has 1 aliphatic carbocycles. The Morgan fingerprint density at radius 2 is 1.86 bits per heavy atom. The molecule has 0 unspecified atom stereocenters. The van der Waals surface area contributed by atoms with Crippen molar-refractivity contribution in [2.45, 2.75) is 70.4 Å². The van der Waals surface area contributed by atoms with Crippen molar-refractivity contribution in [2.75, 3.05) is 0 Å². The maximum absolute atomic E-state index is 13.3. The molecule has 1 rings (SSSR count). The van der Waals surface area contributed by atoms with Crippen LogP contribution in [0.15, 0.2) is 0 Å². The topological polar surface area (TPSA) is 95.9 Å². The van der Waals surface area contributed by atoms with Crippen molar-refractivity contribution in [2.24, 2.45) is 5.92 Å². The molecule has 6 nitrogen and oxygen atoms in total. The zero-order valence-electron chi connectivity index (χ0n) is 12.9. The van der Waals surface area contributed by atoms with Crippen LogP contribution in [0.3, 0.4) is 0 Å². The van der Waals surface area contributed by atoms with Gasteiger partial charge in [-0.3, -0.25) is 0 Å². The van der Waals surface area contributed by atoms with Crippen LogP contribution in [0.5, 0.6) is 0 Å². The summed E-state index contributed by atoms with van der Waals surface area (Å²) in [5.74, 6) is -1.52. The van der Waals surface area contributed by atoms with Gasteiger partial charge in [-0.05, 0) is 52.9 Å². The second-order valence-corrected chi connectivity index (χ2v) is 6.89. The van der Waals surface area contributed by atoms with E-state index in [-0.39, 0.29) is 25.2 Å². The summed E-state index contributed by atoms with van der Waals surface area (Å²) in [5.41, 5.74) is -2.30. The molecule has 3 N–H and O–H groups in total. The number of carboxylic acids is 1. The van der Waals surface area contributed by atoms with Gasteiger partial charge in [0, 0.05) is 0 Å². The summed E-state index contributed by atoms with van der Waals surface area (Å²) < 4.78 is 18.4. The number of alkyl carbamates (subject to hydrolysis) is 1. The summed E-state index contributed by atoms with van der Waals surface area (Å²) in [6, 6.07) is 0. The molecular weight excluding hydrogens is 281 g/mol. The van der Waals surface area contributed by atoms with E-state index in [1.807, 2.05) is 0 Å². The van der Waals surface area contributed by atoms with Crippen molar-refractivity contribution in [1.82, 2.24) is 5.32 Å². The van der Waals surface area contributed by atoms with E-state index in [0.29, 0.717) is 0 Å². The molecule has 1 saturated carbocycles. The fourth-order valence-corrected chi connectivity index (χ4v) is 2.53. The van der Waals surface area contributed by atoms with Crippen molar-refractivity contribution in [1.29, 1.82) is 0 Å². The molecule has 122 valence electrons. The first-order valence-corrected chi connectivity index (χ1v) is 6.99. The third-order valence-electron chi connectivity index (χ3n) is 3.50. The molecule has 0 aromatic heterocycles. The summed E-state index contributed by atoms with van der Waals surface area (Å²) in [6.07, 6.45) is -2.90. The number of carbonyl (C=O) groups excluding carboxylic acids is 1. The number of ether oxygens (including phenoxy) is 1. The lowest BCUT2D eigenvalue weighted by molar-refractivity contribution is -0.145. The molecule has 7 heteroatoms. The number of nitrogens with one attached hydrogen (secondary N) is 1. The van der Waals surface area contributed by atoms with Gasteiger partial charge in [0.05, 0.1) is 6.10 Å². The van der Waals surface area contributed by atoms with Gasteiger partial charge in [-0.2, -0.15) is 0 Å². The van der Waals surface area contributed by atoms with E-state index in [2.05, 4.69) is 5.32 Å². The number of alkyl halides is 1. The number of hydrogen-bond donors (Lipinski definition) is 3. The number of amides is 1. The number of carboxylic acid groups (broad SMARTS) is 1. The minimum atomic E-state index is -1.56. The first-order chi connectivity index (χ1) is 9.43. The Kier molecular flexibility index (Phi) is 5.20. The Morgan fingerprint density at radius 3 is 2.24 bits per heavy atom. The molecule has 0 spiro atoms. The average molecular weight is 305 g/mol. The number of aliphatic hydroxyl groups excluding tert-OH is 1. The van der Waals surface area contributed by atoms with Crippen LogP contribution in [0.1, 0.15) is 47.0 Å². The van der Waals surface area contributed by atoms with Crippen molar-refractivity contribution in [3.8, 4) is 0 Å². The third-order valence-corrected chi connectivity index (χ3v) is 3.50. The predicted molar refractivity (Wildman–Crippen MR) is 73.7 cm³/mol. The van der Waals surface area contributed by atoms with Crippen LogP contribution in [-0.4, -0.2) is 45.7 Å². The lowest BCUT2D eigenvalue weighted by Crippen LogP contribution is -2.54. The molecule has 0 heterocycles. The van der Waals surface area contributed by atoms with Crippen LogP contribution in [0, 0.1) is 5.92 Å². The average Bonchev–Trinajstić information content (AvgIpc) is 2.53. The van der Waals surface area contributed by atoms with Crippen LogP contribution < -0.4 is 5.32 Å². The standard InChI is InChI=1S/C14H24FNO5/c1-13(2,3)21-12(20)16-14(4,11(18)19)7-8-5-9(15)10(17)6-8/h8-10,17H,5-7H2,1-4H3,(H,16,20)(H,18,19)/t8-,9-,10-,14-/m0/s1. The van der Waals surface area contributed by atoms with Crippen molar-refractivity contribution in [3.05, 3.63) is 0 Å². The Labute approximate surface area is 123 Å². The summed E-state index contributed by atoms with van der Waals surface area (Å²) in [7, 11) is 0. The minimum absolute atomic E-state index is 0.0407. The number of hydrogen-bond acceptors (Lipinski definition) is 4. The smallest absolute Gasteiger partial charge is 0.408 e. The normalized spacial score (nSPS) is 28.8. The molecule has 0 aromatic rings. The van der Waals surface area contributed by atoms with E-state index in [4.69, 9.17) is 4.74 Å². The Morgan fingerprint density at radius 1 is 1.29 bits per heavy atom. The van der Waals surface area contributed by atoms with Crippen LogP contribution in [0.4, 0.5) is 9.18 Å². The molecular formula is C14H24FNO5. The Hall–Kier alpha value is -1.37. The zero-order valence-corrected chi connectivity index (χ0v) is 12.9.